The molecule has 4 heteroatoms. The van der Waals surface area contributed by atoms with Crippen molar-refractivity contribution < 1.29 is 9.53 Å². The second kappa shape index (κ2) is 22.8. The Kier molecular flexibility index (Phi) is 24.5. The maximum atomic E-state index is 11.4. The van der Waals surface area contributed by atoms with E-state index in [1.807, 2.05) is 6.92 Å². The Labute approximate surface area is 169 Å². The minimum absolute atomic E-state index is 0. The van der Waals surface area contributed by atoms with Gasteiger partial charge in [-0.1, -0.05) is 110 Å². The van der Waals surface area contributed by atoms with Gasteiger partial charge < -0.3 is 10.5 Å². The molecule has 0 bridgehead atoms. The lowest BCUT2D eigenvalue weighted by Gasteiger charge is -2.09. The van der Waals surface area contributed by atoms with E-state index in [1.165, 1.54) is 96.3 Å². The summed E-state index contributed by atoms with van der Waals surface area (Å²) in [5.41, 5.74) is 5.79. The lowest BCUT2D eigenvalue weighted by Crippen LogP contribution is -2.32. The SMILES string of the molecule is CCCCCCCCCCCCCCCCCCC(N)C(=O)OCC.Cl. The normalized spacial score (nSPS) is 11.8. The van der Waals surface area contributed by atoms with Crippen LogP contribution in [-0.2, 0) is 9.53 Å². The maximum absolute atomic E-state index is 11.4. The Hall–Kier alpha value is -0.280. The van der Waals surface area contributed by atoms with Crippen LogP contribution in [0.25, 0.3) is 0 Å². The Morgan fingerprint density at radius 1 is 0.692 bits per heavy atom. The summed E-state index contributed by atoms with van der Waals surface area (Å²) in [6.07, 6.45) is 22.6. The van der Waals surface area contributed by atoms with Crippen LogP contribution in [0.15, 0.2) is 0 Å². The second-order valence-electron chi connectivity index (χ2n) is 7.45. The van der Waals surface area contributed by atoms with Gasteiger partial charge in [0, 0.05) is 0 Å². The number of ether oxygens (including phenoxy) is 1. The van der Waals surface area contributed by atoms with Gasteiger partial charge in [0.05, 0.1) is 6.61 Å². The van der Waals surface area contributed by atoms with Crippen molar-refractivity contribution in [1.82, 2.24) is 0 Å². The fourth-order valence-corrected chi connectivity index (χ4v) is 3.28. The summed E-state index contributed by atoms with van der Waals surface area (Å²) in [5.74, 6) is -0.247. The molecular weight excluding hydrogens is 346 g/mol. The summed E-state index contributed by atoms with van der Waals surface area (Å²) in [6.45, 7) is 4.52. The highest BCUT2D eigenvalue weighted by molar-refractivity contribution is 5.85. The molecule has 2 N–H and O–H groups in total. The topological polar surface area (TPSA) is 52.3 Å². The number of carbonyl (C=O) groups is 1. The molecule has 0 aromatic heterocycles. The Balaban J connectivity index is 0. The van der Waals surface area contributed by atoms with Gasteiger partial charge in [-0.15, -0.1) is 12.4 Å². The van der Waals surface area contributed by atoms with E-state index in [1.54, 1.807) is 0 Å². The van der Waals surface area contributed by atoms with E-state index in [9.17, 15) is 4.79 Å². The zero-order valence-electron chi connectivity index (χ0n) is 17.6. The fraction of sp³-hybridized carbons (Fsp3) is 0.955. The highest BCUT2D eigenvalue weighted by atomic mass is 35.5. The smallest absolute Gasteiger partial charge is 0.322 e. The molecule has 3 nitrogen and oxygen atoms in total. The Morgan fingerprint density at radius 3 is 1.38 bits per heavy atom. The predicted octanol–water partition coefficient (Wildman–Crippen LogP) is 6.95. The van der Waals surface area contributed by atoms with Gasteiger partial charge in [0.25, 0.3) is 0 Å². The Morgan fingerprint density at radius 2 is 1.04 bits per heavy atom. The molecule has 158 valence electrons. The molecule has 1 atom stereocenters. The third-order valence-corrected chi connectivity index (χ3v) is 4.96. The number of hydrogen-bond donors (Lipinski definition) is 1. The minimum atomic E-state index is -0.424. The number of halogens is 1. The molecule has 0 aliphatic heterocycles. The Bertz CT molecular complexity index is 287. The third-order valence-electron chi connectivity index (χ3n) is 4.96. The number of unbranched alkanes of at least 4 members (excludes halogenated alkanes) is 15. The first kappa shape index (κ1) is 27.9. The monoisotopic (exact) mass is 391 g/mol. The zero-order valence-corrected chi connectivity index (χ0v) is 18.4. The lowest BCUT2D eigenvalue weighted by molar-refractivity contribution is -0.144. The average Bonchev–Trinajstić information content (AvgIpc) is 2.61. The van der Waals surface area contributed by atoms with E-state index in [0.29, 0.717) is 6.61 Å². The number of nitrogens with two attached hydrogens (primary N) is 1. The highest BCUT2D eigenvalue weighted by Crippen LogP contribution is 2.14. The van der Waals surface area contributed by atoms with Crippen LogP contribution in [-0.4, -0.2) is 18.6 Å². The van der Waals surface area contributed by atoms with Gasteiger partial charge in [-0.05, 0) is 13.3 Å². The molecule has 0 aliphatic carbocycles. The van der Waals surface area contributed by atoms with Crippen molar-refractivity contribution in [3.63, 3.8) is 0 Å². The molecule has 0 heterocycles. The third kappa shape index (κ3) is 20.0. The molecule has 0 spiro atoms. The van der Waals surface area contributed by atoms with Crippen molar-refractivity contribution in [1.29, 1.82) is 0 Å². The molecule has 0 aromatic rings. The second-order valence-corrected chi connectivity index (χ2v) is 7.45. The van der Waals surface area contributed by atoms with Crippen LogP contribution >= 0.6 is 12.4 Å². The van der Waals surface area contributed by atoms with E-state index in [4.69, 9.17) is 10.5 Å². The first-order valence-corrected chi connectivity index (χ1v) is 11.1. The number of rotatable bonds is 19. The first-order chi connectivity index (χ1) is 12.2. The summed E-state index contributed by atoms with van der Waals surface area (Å²) in [7, 11) is 0. The van der Waals surface area contributed by atoms with Crippen LogP contribution in [0.2, 0.25) is 0 Å². The van der Waals surface area contributed by atoms with Crippen LogP contribution in [0.5, 0.6) is 0 Å². The molecule has 0 radical (unpaired) electrons. The minimum Gasteiger partial charge on any atom is -0.465 e. The van der Waals surface area contributed by atoms with E-state index in [0.717, 1.165) is 12.8 Å². The van der Waals surface area contributed by atoms with Crippen LogP contribution in [0.1, 0.15) is 123 Å². The van der Waals surface area contributed by atoms with Crippen molar-refractivity contribution in [3.8, 4) is 0 Å². The van der Waals surface area contributed by atoms with Gasteiger partial charge in [-0.3, -0.25) is 4.79 Å². The van der Waals surface area contributed by atoms with E-state index in [2.05, 4.69) is 6.92 Å². The molecule has 0 aromatic carbocycles. The van der Waals surface area contributed by atoms with Crippen LogP contribution in [0.3, 0.4) is 0 Å². The van der Waals surface area contributed by atoms with Crippen molar-refractivity contribution in [3.05, 3.63) is 0 Å². The van der Waals surface area contributed by atoms with Crippen molar-refractivity contribution in [2.45, 2.75) is 129 Å². The summed E-state index contributed by atoms with van der Waals surface area (Å²) in [4.78, 5) is 11.4. The summed E-state index contributed by atoms with van der Waals surface area (Å²) < 4.78 is 4.92. The summed E-state index contributed by atoms with van der Waals surface area (Å²) >= 11 is 0. The highest BCUT2D eigenvalue weighted by Gasteiger charge is 2.13. The molecule has 0 rings (SSSR count). The van der Waals surface area contributed by atoms with Crippen molar-refractivity contribution in [2.24, 2.45) is 5.73 Å². The number of esters is 1. The van der Waals surface area contributed by atoms with Crippen LogP contribution in [0.4, 0.5) is 0 Å². The largest absolute Gasteiger partial charge is 0.465 e. The molecule has 1 unspecified atom stereocenters. The van der Waals surface area contributed by atoms with Gasteiger partial charge in [-0.25, -0.2) is 0 Å². The molecule has 0 aliphatic rings. The zero-order chi connectivity index (χ0) is 18.6. The van der Waals surface area contributed by atoms with Crippen LogP contribution < -0.4 is 5.73 Å². The molecule has 0 fully saturated rings. The van der Waals surface area contributed by atoms with E-state index in [-0.39, 0.29) is 18.4 Å². The number of carbonyl (C=O) groups excluding carboxylic acids is 1. The van der Waals surface area contributed by atoms with Crippen molar-refractivity contribution in [2.75, 3.05) is 6.61 Å². The molecule has 0 amide bonds. The van der Waals surface area contributed by atoms with Crippen molar-refractivity contribution >= 4 is 18.4 Å². The predicted molar refractivity (Wildman–Crippen MR) is 116 cm³/mol. The average molecular weight is 392 g/mol. The summed E-state index contributed by atoms with van der Waals surface area (Å²) in [5, 5.41) is 0. The van der Waals surface area contributed by atoms with Gasteiger partial charge in [0.2, 0.25) is 0 Å². The van der Waals surface area contributed by atoms with Gasteiger partial charge >= 0.3 is 5.97 Å². The lowest BCUT2D eigenvalue weighted by atomic mass is 10.0. The van der Waals surface area contributed by atoms with E-state index < -0.39 is 6.04 Å². The maximum Gasteiger partial charge on any atom is 0.322 e. The molecule has 0 saturated carbocycles. The summed E-state index contributed by atoms with van der Waals surface area (Å²) in [6, 6.07) is -0.424. The quantitative estimate of drug-likeness (QED) is 0.191. The fourth-order valence-electron chi connectivity index (χ4n) is 3.28. The molecular formula is C22H46ClNO2. The van der Waals surface area contributed by atoms with E-state index >= 15 is 0 Å². The van der Waals surface area contributed by atoms with Gasteiger partial charge in [0.15, 0.2) is 0 Å². The number of hydrogen-bond acceptors (Lipinski definition) is 3. The first-order valence-electron chi connectivity index (χ1n) is 11.1. The molecule has 26 heavy (non-hydrogen) atoms. The van der Waals surface area contributed by atoms with Gasteiger partial charge in [-0.2, -0.15) is 0 Å². The molecule has 0 saturated heterocycles. The standard InChI is InChI=1S/C22H45NO2.ClH/c1-3-5-6-7-8-9-10-11-12-13-14-15-16-17-18-19-20-21(23)22(24)25-4-2;/h21H,3-20,23H2,1-2H3;1H. The van der Waals surface area contributed by atoms with Gasteiger partial charge in [0.1, 0.15) is 6.04 Å². The van der Waals surface area contributed by atoms with Crippen LogP contribution in [0, 0.1) is 0 Å².